The molecule has 6 heteroatoms. The maximum atomic E-state index is 12.3. The lowest BCUT2D eigenvalue weighted by Crippen LogP contribution is -2.42. The van der Waals surface area contributed by atoms with E-state index in [1.165, 1.54) is 30.3 Å². The van der Waals surface area contributed by atoms with Crippen LogP contribution in [0.25, 0.3) is 6.08 Å². The van der Waals surface area contributed by atoms with Gasteiger partial charge in [-0.25, -0.2) is 4.79 Å². The molecule has 112 valence electrons. The summed E-state index contributed by atoms with van der Waals surface area (Å²) in [5.41, 5.74) is 0.612. The van der Waals surface area contributed by atoms with Gasteiger partial charge in [-0.3, -0.25) is 9.69 Å². The normalized spacial score (nSPS) is 25.3. The van der Waals surface area contributed by atoms with Gasteiger partial charge in [0.25, 0.3) is 5.91 Å². The van der Waals surface area contributed by atoms with Gasteiger partial charge in [0.2, 0.25) is 0 Å². The maximum absolute atomic E-state index is 12.3. The third-order valence-corrected chi connectivity index (χ3v) is 5.09. The lowest BCUT2D eigenvalue weighted by Gasteiger charge is -2.20. The highest BCUT2D eigenvalue weighted by atomic mass is 32.1. The Balaban J connectivity index is 1.62. The van der Waals surface area contributed by atoms with Gasteiger partial charge in [0.15, 0.2) is 0 Å². The molecule has 0 saturated carbocycles. The lowest BCUT2D eigenvalue weighted by atomic mass is 10.1. The Morgan fingerprint density at radius 2 is 2.24 bits per heavy atom. The number of carbonyl (C=O) groups excluding carboxylic acids is 1. The van der Waals surface area contributed by atoms with Crippen molar-refractivity contribution in [1.82, 2.24) is 10.2 Å². The van der Waals surface area contributed by atoms with Crippen molar-refractivity contribution in [2.45, 2.75) is 31.3 Å². The average molecular weight is 306 g/mol. The molecule has 3 heterocycles. The summed E-state index contributed by atoms with van der Waals surface area (Å²) in [6, 6.07) is 2.48. The molecule has 2 fully saturated rings. The van der Waals surface area contributed by atoms with Gasteiger partial charge in [0, 0.05) is 35.0 Å². The van der Waals surface area contributed by atoms with Gasteiger partial charge in [0.05, 0.1) is 5.56 Å². The van der Waals surface area contributed by atoms with E-state index in [1.807, 2.05) is 0 Å². The van der Waals surface area contributed by atoms with E-state index >= 15 is 0 Å². The van der Waals surface area contributed by atoms with E-state index in [9.17, 15) is 9.59 Å². The average Bonchev–Trinajstić information content (AvgIpc) is 3.13. The number of nitrogens with zero attached hydrogens (tertiary/aromatic N) is 1. The summed E-state index contributed by atoms with van der Waals surface area (Å²) in [7, 11) is 0. The number of carbonyl (C=O) groups is 2. The van der Waals surface area contributed by atoms with Crippen molar-refractivity contribution in [3.8, 4) is 0 Å². The highest BCUT2D eigenvalue weighted by molar-refractivity contribution is 7.11. The second-order valence-corrected chi connectivity index (χ2v) is 6.47. The molecule has 1 aromatic heterocycles. The molecule has 2 saturated heterocycles. The molecule has 2 aliphatic rings. The summed E-state index contributed by atoms with van der Waals surface area (Å²) >= 11 is 1.38. The van der Waals surface area contributed by atoms with Crippen molar-refractivity contribution in [3.05, 3.63) is 28.0 Å². The van der Waals surface area contributed by atoms with Crippen molar-refractivity contribution >= 4 is 29.3 Å². The standard InChI is InChI=1S/C15H18N2O3S/c18-14(19)4-3-11-8-10(9-21-11)15(20)16-12-5-7-17-6-1-2-13(12)17/h3-4,8-9,12-13H,1-2,5-7H2,(H,16,20)(H,18,19). The van der Waals surface area contributed by atoms with E-state index < -0.39 is 5.97 Å². The summed E-state index contributed by atoms with van der Waals surface area (Å²) in [5, 5.41) is 13.5. The minimum atomic E-state index is -0.985. The van der Waals surface area contributed by atoms with E-state index in [-0.39, 0.29) is 11.9 Å². The number of thiophene rings is 1. The van der Waals surface area contributed by atoms with E-state index in [0.717, 1.165) is 30.5 Å². The van der Waals surface area contributed by atoms with E-state index in [0.29, 0.717) is 11.6 Å². The molecule has 0 aromatic carbocycles. The summed E-state index contributed by atoms with van der Waals surface area (Å²) in [6.45, 7) is 2.23. The lowest BCUT2D eigenvalue weighted by molar-refractivity contribution is -0.131. The molecule has 1 amide bonds. The summed E-state index contributed by atoms with van der Waals surface area (Å²) in [4.78, 5) is 26.0. The molecule has 0 aliphatic carbocycles. The van der Waals surface area contributed by atoms with Crippen molar-refractivity contribution in [2.75, 3.05) is 13.1 Å². The molecule has 0 radical (unpaired) electrons. The molecular formula is C15H18N2O3S. The Labute approximate surface area is 127 Å². The minimum absolute atomic E-state index is 0.0556. The van der Waals surface area contributed by atoms with Gasteiger partial charge in [-0.2, -0.15) is 0 Å². The van der Waals surface area contributed by atoms with Gasteiger partial charge >= 0.3 is 5.97 Å². The molecule has 2 unspecified atom stereocenters. The van der Waals surface area contributed by atoms with Gasteiger partial charge in [-0.1, -0.05) is 0 Å². The number of nitrogens with one attached hydrogen (secondary N) is 1. The molecule has 21 heavy (non-hydrogen) atoms. The number of carboxylic acids is 1. The summed E-state index contributed by atoms with van der Waals surface area (Å²) < 4.78 is 0. The molecule has 1 aromatic rings. The van der Waals surface area contributed by atoms with Crippen LogP contribution in [0.15, 0.2) is 17.5 Å². The van der Waals surface area contributed by atoms with Gasteiger partial charge in [-0.05, 0) is 37.9 Å². The predicted octanol–water partition coefficient (Wildman–Crippen LogP) is 1.81. The topological polar surface area (TPSA) is 69.6 Å². The number of carboxylic acid groups (broad SMARTS) is 1. The van der Waals surface area contributed by atoms with Crippen LogP contribution in [0.1, 0.15) is 34.5 Å². The monoisotopic (exact) mass is 306 g/mol. The Morgan fingerprint density at radius 3 is 3.05 bits per heavy atom. The predicted molar refractivity (Wildman–Crippen MR) is 81.5 cm³/mol. The fourth-order valence-electron chi connectivity index (χ4n) is 3.22. The van der Waals surface area contributed by atoms with Crippen LogP contribution in [0.3, 0.4) is 0 Å². The van der Waals surface area contributed by atoms with E-state index in [1.54, 1.807) is 11.4 Å². The number of aliphatic carboxylic acids is 1. The van der Waals surface area contributed by atoms with Crippen LogP contribution in [-0.2, 0) is 4.79 Å². The Morgan fingerprint density at radius 1 is 1.38 bits per heavy atom. The molecule has 5 nitrogen and oxygen atoms in total. The van der Waals surface area contributed by atoms with Gasteiger partial charge < -0.3 is 10.4 Å². The van der Waals surface area contributed by atoms with Crippen LogP contribution >= 0.6 is 11.3 Å². The second kappa shape index (κ2) is 5.99. The van der Waals surface area contributed by atoms with Crippen molar-refractivity contribution in [1.29, 1.82) is 0 Å². The number of hydrogen-bond acceptors (Lipinski definition) is 4. The molecule has 2 atom stereocenters. The molecule has 3 rings (SSSR count). The number of amides is 1. The molecule has 2 N–H and O–H groups in total. The zero-order valence-electron chi connectivity index (χ0n) is 11.6. The third-order valence-electron chi connectivity index (χ3n) is 4.19. The van der Waals surface area contributed by atoms with Crippen LogP contribution in [0, 0.1) is 0 Å². The maximum Gasteiger partial charge on any atom is 0.328 e. The van der Waals surface area contributed by atoms with Crippen molar-refractivity contribution in [2.24, 2.45) is 0 Å². The summed E-state index contributed by atoms with van der Waals surface area (Å²) in [6.07, 6.45) is 6.01. The first-order valence-electron chi connectivity index (χ1n) is 7.18. The Hall–Kier alpha value is -1.66. The molecule has 2 aliphatic heterocycles. The van der Waals surface area contributed by atoms with Crippen molar-refractivity contribution in [3.63, 3.8) is 0 Å². The van der Waals surface area contributed by atoms with Crippen LogP contribution in [0.4, 0.5) is 0 Å². The number of fused-ring (bicyclic) bond motifs is 1. The quantitative estimate of drug-likeness (QED) is 0.833. The largest absolute Gasteiger partial charge is 0.478 e. The van der Waals surface area contributed by atoms with Crippen molar-refractivity contribution < 1.29 is 14.7 Å². The first kappa shape index (κ1) is 14.3. The highest BCUT2D eigenvalue weighted by Crippen LogP contribution is 2.28. The van der Waals surface area contributed by atoms with Crippen LogP contribution in [-0.4, -0.2) is 47.1 Å². The SMILES string of the molecule is O=C(O)C=Cc1cc(C(=O)NC2CCN3CCCC23)cs1. The number of hydrogen-bond donors (Lipinski definition) is 2. The second-order valence-electron chi connectivity index (χ2n) is 5.52. The minimum Gasteiger partial charge on any atom is -0.478 e. The zero-order valence-corrected chi connectivity index (χ0v) is 12.4. The molecule has 0 spiro atoms. The first-order chi connectivity index (χ1) is 10.1. The number of rotatable bonds is 4. The third kappa shape index (κ3) is 3.16. The molecule has 0 bridgehead atoms. The first-order valence-corrected chi connectivity index (χ1v) is 8.06. The van der Waals surface area contributed by atoms with E-state index in [2.05, 4.69) is 10.2 Å². The fraction of sp³-hybridized carbons (Fsp3) is 0.467. The van der Waals surface area contributed by atoms with Gasteiger partial charge in [0.1, 0.15) is 0 Å². The van der Waals surface area contributed by atoms with Crippen LogP contribution in [0.5, 0.6) is 0 Å². The Kier molecular flexibility index (Phi) is 4.07. The fourth-order valence-corrected chi connectivity index (χ4v) is 4.00. The zero-order chi connectivity index (χ0) is 14.8. The van der Waals surface area contributed by atoms with Gasteiger partial charge in [-0.15, -0.1) is 11.3 Å². The molecular weight excluding hydrogens is 288 g/mol. The smallest absolute Gasteiger partial charge is 0.328 e. The highest BCUT2D eigenvalue weighted by Gasteiger charge is 2.37. The van der Waals surface area contributed by atoms with E-state index in [4.69, 9.17) is 5.11 Å². The van der Waals surface area contributed by atoms with Crippen LogP contribution in [0.2, 0.25) is 0 Å². The van der Waals surface area contributed by atoms with Crippen LogP contribution < -0.4 is 5.32 Å². The Bertz CT molecular complexity index is 581. The summed E-state index contributed by atoms with van der Waals surface area (Å²) in [5.74, 6) is -1.04.